The third-order valence-corrected chi connectivity index (χ3v) is 5.27. The number of hydrogen-bond donors (Lipinski definition) is 0. The maximum Gasteiger partial charge on any atom is 0.159 e. The molecule has 1 aromatic heterocycles. The third-order valence-electron chi connectivity index (χ3n) is 5.27. The van der Waals surface area contributed by atoms with Crippen molar-refractivity contribution in [3.8, 4) is 22.5 Å². The summed E-state index contributed by atoms with van der Waals surface area (Å²) >= 11 is 0. The number of hydrogen-bond acceptors (Lipinski definition) is 4. The Balaban J connectivity index is 0.000000837. The van der Waals surface area contributed by atoms with E-state index in [-0.39, 0.29) is 0 Å². The first-order chi connectivity index (χ1) is 15.6. The number of carboxylic acids is 1. The van der Waals surface area contributed by atoms with Crippen molar-refractivity contribution in [2.75, 3.05) is 0 Å². The molecule has 2 aromatic carbocycles. The molecule has 0 aliphatic heterocycles. The van der Waals surface area contributed by atoms with Crippen LogP contribution in [-0.2, 0) is 11.2 Å². The molecule has 170 valence electrons. The summed E-state index contributed by atoms with van der Waals surface area (Å²) in [6.45, 7) is 3.24. The second-order valence-corrected chi connectivity index (χ2v) is 8.07. The fourth-order valence-electron chi connectivity index (χ4n) is 3.54. The largest absolute Gasteiger partial charge is 0.550 e. The summed E-state index contributed by atoms with van der Waals surface area (Å²) in [5.74, 6) is -0.278. The van der Waals surface area contributed by atoms with E-state index in [0.29, 0.717) is 0 Å². The van der Waals surface area contributed by atoms with Crippen LogP contribution in [0.15, 0.2) is 67.0 Å². The molecule has 0 N–H and O–H groups in total. The van der Waals surface area contributed by atoms with Crippen LogP contribution in [-0.4, -0.2) is 15.9 Å². The Kier molecular flexibility index (Phi) is 11.8. The number of aromatic nitrogens is 2. The zero-order valence-corrected chi connectivity index (χ0v) is 19.4. The Hall–Kier alpha value is -3.01. The molecule has 0 unspecified atom stereocenters. The Morgan fingerprint density at radius 3 is 1.75 bits per heavy atom. The number of carbonyl (C=O) groups excluding carboxylic acids is 1. The predicted octanol–water partition coefficient (Wildman–Crippen LogP) is 6.25. The quantitative estimate of drug-likeness (QED) is 0.337. The number of rotatable bonds is 11. The molecule has 4 nitrogen and oxygen atoms in total. The molecule has 0 saturated carbocycles. The van der Waals surface area contributed by atoms with Gasteiger partial charge in [0.2, 0.25) is 0 Å². The highest BCUT2D eigenvalue weighted by molar-refractivity contribution is 5.67. The van der Waals surface area contributed by atoms with E-state index in [1.807, 2.05) is 18.5 Å². The number of unbranched alkanes of at least 4 members (excludes halogenated alkanes) is 7. The molecule has 0 bridgehead atoms. The topological polar surface area (TPSA) is 65.9 Å². The molecule has 0 amide bonds. The number of carbonyl (C=O) groups is 1. The Morgan fingerprint density at radius 1 is 0.719 bits per heavy atom. The van der Waals surface area contributed by atoms with Crippen LogP contribution in [0.3, 0.4) is 0 Å². The maximum atomic E-state index is 8.89. The monoisotopic (exact) mass is 431 g/mol. The van der Waals surface area contributed by atoms with Crippen LogP contribution in [0.5, 0.6) is 0 Å². The van der Waals surface area contributed by atoms with Crippen LogP contribution in [0.2, 0.25) is 0 Å². The average Bonchev–Trinajstić information content (AvgIpc) is 2.82. The molecule has 3 aromatic rings. The van der Waals surface area contributed by atoms with Crippen molar-refractivity contribution in [2.24, 2.45) is 0 Å². The van der Waals surface area contributed by atoms with Gasteiger partial charge >= 0.3 is 0 Å². The van der Waals surface area contributed by atoms with E-state index >= 15 is 0 Å². The van der Waals surface area contributed by atoms with Crippen molar-refractivity contribution in [2.45, 2.75) is 71.6 Å². The fraction of sp³-hybridized carbons (Fsp3) is 0.393. The smallest absolute Gasteiger partial charge is 0.159 e. The minimum atomic E-state index is -1.08. The highest BCUT2D eigenvalue weighted by Crippen LogP contribution is 2.23. The first-order valence-electron chi connectivity index (χ1n) is 11.7. The van der Waals surface area contributed by atoms with Gasteiger partial charge in [0.15, 0.2) is 5.82 Å². The minimum absolute atomic E-state index is 0.805. The summed E-state index contributed by atoms with van der Waals surface area (Å²) in [4.78, 5) is 18.1. The van der Waals surface area contributed by atoms with Gasteiger partial charge in [-0.05, 0) is 36.5 Å². The molecule has 0 atom stereocenters. The molecule has 0 aliphatic rings. The van der Waals surface area contributed by atoms with E-state index in [2.05, 4.69) is 65.4 Å². The maximum absolute atomic E-state index is 8.89. The van der Waals surface area contributed by atoms with Gasteiger partial charge < -0.3 is 9.90 Å². The lowest BCUT2D eigenvalue weighted by atomic mass is 10.0. The lowest BCUT2D eigenvalue weighted by Gasteiger charge is -2.05. The summed E-state index contributed by atoms with van der Waals surface area (Å²) in [6.07, 6.45) is 15.9. The van der Waals surface area contributed by atoms with E-state index in [0.717, 1.165) is 24.7 Å². The van der Waals surface area contributed by atoms with Gasteiger partial charge in [0.05, 0.1) is 0 Å². The number of benzene rings is 2. The zero-order chi connectivity index (χ0) is 23.0. The molecule has 3 rings (SSSR count). The number of aryl methyl sites for hydroxylation is 1. The molecule has 4 heteroatoms. The standard InChI is InChI=1S/C26H32N2.C2H4O2/c1-2-3-4-5-6-7-8-10-13-22-20-27-26(28-21-22)25-18-16-24(17-19-25)23-14-11-9-12-15-23;1-2(3)4/h9,11-12,14-21H,2-8,10,13H2,1H3;1H3,(H,3,4)/p-1. The fourth-order valence-corrected chi connectivity index (χ4v) is 3.54. The summed E-state index contributed by atoms with van der Waals surface area (Å²) in [7, 11) is 0. The van der Waals surface area contributed by atoms with Crippen LogP contribution in [0.1, 0.15) is 70.8 Å². The lowest BCUT2D eigenvalue weighted by Crippen LogP contribution is -2.16. The van der Waals surface area contributed by atoms with Crippen LogP contribution in [0.25, 0.3) is 22.5 Å². The average molecular weight is 432 g/mol. The first-order valence-corrected chi connectivity index (χ1v) is 11.7. The van der Waals surface area contributed by atoms with Gasteiger partial charge in [0.1, 0.15) is 0 Å². The van der Waals surface area contributed by atoms with E-state index < -0.39 is 5.97 Å². The number of nitrogens with zero attached hydrogens (tertiary/aromatic N) is 2. The van der Waals surface area contributed by atoms with Crippen molar-refractivity contribution in [3.05, 3.63) is 72.6 Å². The highest BCUT2D eigenvalue weighted by atomic mass is 16.4. The molecule has 1 heterocycles. The summed E-state index contributed by atoms with van der Waals surface area (Å²) in [6, 6.07) is 18.9. The van der Waals surface area contributed by atoms with Gasteiger partial charge in [-0.2, -0.15) is 0 Å². The second-order valence-electron chi connectivity index (χ2n) is 8.07. The molecule has 0 fully saturated rings. The summed E-state index contributed by atoms with van der Waals surface area (Å²) in [5.41, 5.74) is 4.76. The van der Waals surface area contributed by atoms with Gasteiger partial charge in [-0.25, -0.2) is 9.97 Å². The van der Waals surface area contributed by atoms with Gasteiger partial charge in [-0.15, -0.1) is 0 Å². The zero-order valence-electron chi connectivity index (χ0n) is 19.4. The SMILES string of the molecule is CC(=O)[O-].CCCCCCCCCCc1cnc(-c2ccc(-c3ccccc3)cc2)nc1. The van der Waals surface area contributed by atoms with Crippen LogP contribution in [0, 0.1) is 0 Å². The van der Waals surface area contributed by atoms with Crippen molar-refractivity contribution in [3.63, 3.8) is 0 Å². The minimum Gasteiger partial charge on any atom is -0.550 e. The number of carboxylic acid groups (broad SMARTS) is 1. The first kappa shape index (κ1) is 25.3. The van der Waals surface area contributed by atoms with Crippen LogP contribution in [0.4, 0.5) is 0 Å². The predicted molar refractivity (Wildman–Crippen MR) is 130 cm³/mol. The van der Waals surface area contributed by atoms with E-state index in [1.54, 1.807) is 0 Å². The molecule has 0 aliphatic carbocycles. The van der Waals surface area contributed by atoms with Gasteiger partial charge in [-0.3, -0.25) is 0 Å². The molecule has 32 heavy (non-hydrogen) atoms. The van der Waals surface area contributed by atoms with Gasteiger partial charge in [0.25, 0.3) is 0 Å². The Labute approximate surface area is 192 Å². The normalized spacial score (nSPS) is 10.3. The second kappa shape index (κ2) is 14.9. The summed E-state index contributed by atoms with van der Waals surface area (Å²) < 4.78 is 0. The van der Waals surface area contributed by atoms with Crippen LogP contribution < -0.4 is 5.11 Å². The summed E-state index contributed by atoms with van der Waals surface area (Å²) in [5, 5.41) is 8.89. The Morgan fingerprint density at radius 2 is 1.19 bits per heavy atom. The molecular weight excluding hydrogens is 396 g/mol. The highest BCUT2D eigenvalue weighted by Gasteiger charge is 2.03. The van der Waals surface area contributed by atoms with Crippen molar-refractivity contribution in [1.82, 2.24) is 9.97 Å². The van der Waals surface area contributed by atoms with Crippen molar-refractivity contribution >= 4 is 5.97 Å². The number of aliphatic carboxylic acids is 1. The van der Waals surface area contributed by atoms with E-state index in [9.17, 15) is 0 Å². The molecule has 0 saturated heterocycles. The lowest BCUT2D eigenvalue weighted by molar-refractivity contribution is -0.302. The van der Waals surface area contributed by atoms with Gasteiger partial charge in [-0.1, -0.05) is 106 Å². The van der Waals surface area contributed by atoms with Crippen LogP contribution >= 0.6 is 0 Å². The van der Waals surface area contributed by atoms with E-state index in [1.165, 1.54) is 68.1 Å². The van der Waals surface area contributed by atoms with Crippen molar-refractivity contribution in [1.29, 1.82) is 0 Å². The molecular formula is C28H35N2O2-. The van der Waals surface area contributed by atoms with Gasteiger partial charge in [0, 0.05) is 23.9 Å². The Bertz CT molecular complexity index is 887. The third kappa shape index (κ3) is 9.86. The molecule has 0 radical (unpaired) electrons. The molecule has 0 spiro atoms. The van der Waals surface area contributed by atoms with Crippen molar-refractivity contribution < 1.29 is 9.90 Å². The van der Waals surface area contributed by atoms with E-state index in [4.69, 9.17) is 9.90 Å².